The Hall–Kier alpha value is -4.05. The minimum atomic E-state index is -2.02. The first-order valence-electron chi connectivity index (χ1n) is 14.2. The van der Waals surface area contributed by atoms with Crippen molar-refractivity contribution in [3.63, 3.8) is 0 Å². The minimum Gasteiger partial charge on any atom is -0.372 e. The van der Waals surface area contributed by atoms with Gasteiger partial charge in [0.25, 0.3) is 11.8 Å². The predicted octanol–water partition coefficient (Wildman–Crippen LogP) is 1.29. The van der Waals surface area contributed by atoms with Crippen LogP contribution in [0.2, 0.25) is 0 Å². The SMILES string of the molecule is CC(C)CC(NC(=O)C1(O)c2ccccc2-c2ccccc21)C(=O)NC(CC1CCNC1=O)C(=O)C(=O)NC1CC1. The third-order valence-electron chi connectivity index (χ3n) is 8.03. The first-order chi connectivity index (χ1) is 19.6. The zero-order valence-electron chi connectivity index (χ0n) is 23.2. The summed E-state index contributed by atoms with van der Waals surface area (Å²) in [7, 11) is 0. The van der Waals surface area contributed by atoms with E-state index in [1.165, 1.54) is 0 Å². The number of rotatable bonds is 11. The molecule has 1 saturated carbocycles. The molecule has 1 heterocycles. The molecule has 4 amide bonds. The fourth-order valence-corrected chi connectivity index (χ4v) is 5.72. The van der Waals surface area contributed by atoms with E-state index < -0.39 is 47.1 Å². The second-order valence-electron chi connectivity index (χ2n) is 11.6. The molecular formula is C31H36N4O6. The highest BCUT2D eigenvalue weighted by molar-refractivity contribution is 6.38. The predicted molar refractivity (Wildman–Crippen MR) is 150 cm³/mol. The van der Waals surface area contributed by atoms with Crippen LogP contribution in [0.4, 0.5) is 0 Å². The zero-order valence-corrected chi connectivity index (χ0v) is 23.2. The third kappa shape index (κ3) is 5.74. The Labute approximate surface area is 238 Å². The van der Waals surface area contributed by atoms with Crippen LogP contribution in [0, 0.1) is 11.8 Å². The standard InChI is InChI=1S/C31H36N4O6/c1-17(2)15-25(35-30(40)31(41)22-9-5-3-7-20(22)21-8-4-6-10-23(21)31)28(38)34-24(16-18-13-14-32-27(18)37)26(36)29(39)33-19-11-12-19/h3-10,17-19,24-25,41H,11-16H2,1-2H3,(H,32,37)(H,33,39)(H,34,38)(H,35,40). The van der Waals surface area contributed by atoms with Crippen molar-refractivity contribution in [1.82, 2.24) is 21.3 Å². The van der Waals surface area contributed by atoms with Crippen LogP contribution in [-0.2, 0) is 29.6 Å². The van der Waals surface area contributed by atoms with E-state index in [0.29, 0.717) is 24.1 Å². The summed E-state index contributed by atoms with van der Waals surface area (Å²) in [5, 5.41) is 22.7. The number of Topliss-reactive ketones (excluding diaryl/α,β-unsaturated/α-hetero) is 1. The number of carbonyl (C=O) groups is 5. The molecule has 1 aliphatic heterocycles. The van der Waals surface area contributed by atoms with E-state index >= 15 is 0 Å². The molecule has 41 heavy (non-hydrogen) atoms. The van der Waals surface area contributed by atoms with Gasteiger partial charge in [-0.15, -0.1) is 0 Å². The Morgan fingerprint density at radius 3 is 2.07 bits per heavy atom. The van der Waals surface area contributed by atoms with Crippen molar-refractivity contribution in [2.45, 2.75) is 69.7 Å². The summed E-state index contributed by atoms with van der Waals surface area (Å²) in [6, 6.07) is 11.8. The number of carbonyl (C=O) groups excluding carboxylic acids is 5. The van der Waals surface area contributed by atoms with Crippen LogP contribution in [0.3, 0.4) is 0 Å². The van der Waals surface area contributed by atoms with Gasteiger partial charge in [-0.1, -0.05) is 62.4 Å². The van der Waals surface area contributed by atoms with Crippen LogP contribution in [0.5, 0.6) is 0 Å². The Kier molecular flexibility index (Phi) is 7.95. The molecular weight excluding hydrogens is 524 g/mol. The van der Waals surface area contributed by atoms with Gasteiger partial charge in [0, 0.05) is 29.6 Å². The van der Waals surface area contributed by atoms with Crippen LogP contribution in [0.25, 0.3) is 11.1 Å². The van der Waals surface area contributed by atoms with Gasteiger partial charge in [-0.2, -0.15) is 0 Å². The summed E-state index contributed by atoms with van der Waals surface area (Å²) < 4.78 is 0. The maximum Gasteiger partial charge on any atom is 0.289 e. The molecule has 3 aliphatic rings. The summed E-state index contributed by atoms with van der Waals surface area (Å²) >= 11 is 0. The van der Waals surface area contributed by atoms with E-state index in [-0.39, 0.29) is 30.7 Å². The quantitative estimate of drug-likeness (QED) is 0.261. The van der Waals surface area contributed by atoms with Gasteiger partial charge < -0.3 is 26.4 Å². The molecule has 216 valence electrons. The lowest BCUT2D eigenvalue weighted by Gasteiger charge is -2.29. The molecule has 1 saturated heterocycles. The molecule has 10 heteroatoms. The van der Waals surface area contributed by atoms with E-state index in [9.17, 15) is 29.1 Å². The van der Waals surface area contributed by atoms with Gasteiger partial charge in [-0.25, -0.2) is 0 Å². The lowest BCUT2D eigenvalue weighted by molar-refractivity contribution is -0.142. The van der Waals surface area contributed by atoms with Gasteiger partial charge in [0.2, 0.25) is 17.6 Å². The van der Waals surface area contributed by atoms with Crippen LogP contribution >= 0.6 is 0 Å². The normalized spacial score (nSPS) is 19.9. The van der Waals surface area contributed by atoms with Gasteiger partial charge in [0.1, 0.15) is 6.04 Å². The van der Waals surface area contributed by atoms with Gasteiger partial charge in [0.05, 0.1) is 6.04 Å². The molecule has 0 bridgehead atoms. The van der Waals surface area contributed by atoms with Crippen molar-refractivity contribution >= 4 is 29.4 Å². The van der Waals surface area contributed by atoms with Crippen LogP contribution in [-0.4, -0.2) is 59.2 Å². The van der Waals surface area contributed by atoms with Gasteiger partial charge >= 0.3 is 0 Å². The average Bonchev–Trinajstić information content (AvgIpc) is 3.62. The van der Waals surface area contributed by atoms with Gasteiger partial charge in [-0.3, -0.25) is 24.0 Å². The van der Waals surface area contributed by atoms with E-state index in [4.69, 9.17) is 0 Å². The molecule has 2 aromatic carbocycles. The van der Waals surface area contributed by atoms with Gasteiger partial charge in [0.15, 0.2) is 5.60 Å². The van der Waals surface area contributed by atoms with Crippen molar-refractivity contribution in [3.05, 3.63) is 59.7 Å². The van der Waals surface area contributed by atoms with Crippen LogP contribution in [0.1, 0.15) is 57.1 Å². The molecule has 0 spiro atoms. The first-order valence-corrected chi connectivity index (χ1v) is 14.2. The average molecular weight is 561 g/mol. The number of hydrogen-bond acceptors (Lipinski definition) is 6. The Balaban J connectivity index is 1.38. The van der Waals surface area contributed by atoms with Crippen molar-refractivity contribution in [2.24, 2.45) is 11.8 Å². The summed E-state index contributed by atoms with van der Waals surface area (Å²) in [6.45, 7) is 4.23. The third-order valence-corrected chi connectivity index (χ3v) is 8.03. The van der Waals surface area contributed by atoms with E-state index in [1.54, 1.807) is 24.3 Å². The van der Waals surface area contributed by atoms with Gasteiger partial charge in [-0.05, 0) is 49.1 Å². The monoisotopic (exact) mass is 560 g/mol. The number of fused-ring (bicyclic) bond motifs is 3. The second kappa shape index (κ2) is 11.4. The maximum atomic E-state index is 13.8. The van der Waals surface area contributed by atoms with Crippen molar-refractivity contribution < 1.29 is 29.1 Å². The smallest absolute Gasteiger partial charge is 0.289 e. The molecule has 0 aromatic heterocycles. The molecule has 2 fully saturated rings. The molecule has 0 radical (unpaired) electrons. The molecule has 5 rings (SSSR count). The molecule has 2 aromatic rings. The Morgan fingerprint density at radius 2 is 1.54 bits per heavy atom. The minimum absolute atomic E-state index is 0.0263. The number of nitrogens with one attached hydrogen (secondary N) is 4. The number of aliphatic hydroxyl groups is 1. The maximum absolute atomic E-state index is 13.8. The highest BCUT2D eigenvalue weighted by Gasteiger charge is 2.48. The first kappa shape index (κ1) is 28.5. The number of hydrogen-bond donors (Lipinski definition) is 5. The Morgan fingerprint density at radius 1 is 0.927 bits per heavy atom. The Bertz CT molecular complexity index is 1340. The fourth-order valence-electron chi connectivity index (χ4n) is 5.72. The summed E-state index contributed by atoms with van der Waals surface area (Å²) in [5.41, 5.74) is 0.267. The summed E-state index contributed by atoms with van der Waals surface area (Å²) in [6.07, 6.45) is 2.26. The van der Waals surface area contributed by atoms with Crippen molar-refractivity contribution in [3.8, 4) is 11.1 Å². The molecule has 5 N–H and O–H groups in total. The lowest BCUT2D eigenvalue weighted by Crippen LogP contribution is -2.57. The highest BCUT2D eigenvalue weighted by Crippen LogP contribution is 2.47. The molecule has 10 nitrogen and oxygen atoms in total. The number of amides is 4. The topological polar surface area (TPSA) is 154 Å². The van der Waals surface area contributed by atoms with E-state index in [2.05, 4.69) is 21.3 Å². The van der Waals surface area contributed by atoms with Crippen LogP contribution in [0.15, 0.2) is 48.5 Å². The number of benzene rings is 2. The fraction of sp³-hybridized carbons (Fsp3) is 0.452. The lowest BCUT2D eigenvalue weighted by atomic mass is 9.89. The van der Waals surface area contributed by atoms with E-state index in [0.717, 1.165) is 24.0 Å². The second-order valence-corrected chi connectivity index (χ2v) is 11.6. The number of ketones is 1. The molecule has 3 atom stereocenters. The molecule has 3 unspecified atom stereocenters. The molecule has 2 aliphatic carbocycles. The zero-order chi connectivity index (χ0) is 29.3. The summed E-state index contributed by atoms with van der Waals surface area (Å²) in [5.74, 6) is -3.83. The van der Waals surface area contributed by atoms with E-state index in [1.807, 2.05) is 38.1 Å². The van der Waals surface area contributed by atoms with Crippen LogP contribution < -0.4 is 21.3 Å². The highest BCUT2D eigenvalue weighted by atomic mass is 16.3. The summed E-state index contributed by atoms with van der Waals surface area (Å²) in [4.78, 5) is 65.5. The van der Waals surface area contributed by atoms with Crippen molar-refractivity contribution in [1.29, 1.82) is 0 Å². The van der Waals surface area contributed by atoms with Crippen molar-refractivity contribution in [2.75, 3.05) is 6.54 Å². The largest absolute Gasteiger partial charge is 0.372 e.